The molecule has 1 saturated heterocycles. The summed E-state index contributed by atoms with van der Waals surface area (Å²) in [5.41, 5.74) is 3.61. The van der Waals surface area contributed by atoms with Crippen molar-refractivity contribution in [1.29, 1.82) is 0 Å². The van der Waals surface area contributed by atoms with Crippen LogP contribution in [0.5, 0.6) is 0 Å². The molecule has 2 fully saturated rings. The lowest BCUT2D eigenvalue weighted by Gasteiger charge is -2.40. The maximum Gasteiger partial charge on any atom is 0.277 e. The number of hydrogen-bond donors (Lipinski definition) is 1. The molecule has 0 bridgehead atoms. The molecule has 1 aromatic carbocycles. The van der Waals surface area contributed by atoms with Gasteiger partial charge in [0.05, 0.1) is 6.33 Å². The summed E-state index contributed by atoms with van der Waals surface area (Å²) in [6, 6.07) is 7.02. The predicted molar refractivity (Wildman–Crippen MR) is 122 cm³/mol. The Kier molecular flexibility index (Phi) is 5.61. The Balaban J connectivity index is 1.18. The van der Waals surface area contributed by atoms with Gasteiger partial charge in [0.15, 0.2) is 0 Å². The van der Waals surface area contributed by atoms with E-state index in [-0.39, 0.29) is 5.56 Å². The fourth-order valence-electron chi connectivity index (χ4n) is 5.33. The van der Waals surface area contributed by atoms with Crippen LogP contribution in [0.15, 0.2) is 29.3 Å². The number of H-pyrrole nitrogens is 1. The van der Waals surface area contributed by atoms with Gasteiger partial charge in [-0.15, -0.1) is 0 Å². The maximum absolute atomic E-state index is 13.0. The highest BCUT2D eigenvalue weighted by Crippen LogP contribution is 2.24. The van der Waals surface area contributed by atoms with Gasteiger partial charge < -0.3 is 9.88 Å². The van der Waals surface area contributed by atoms with Crippen LogP contribution in [0.2, 0.25) is 0 Å². The molecule has 1 aliphatic carbocycles. The summed E-state index contributed by atoms with van der Waals surface area (Å²) in [5, 5.41) is 1.03. The first-order valence-corrected chi connectivity index (χ1v) is 11.6. The Morgan fingerprint density at radius 3 is 2.67 bits per heavy atom. The highest BCUT2D eigenvalue weighted by molar-refractivity contribution is 6.04. The summed E-state index contributed by atoms with van der Waals surface area (Å²) >= 11 is 0. The van der Waals surface area contributed by atoms with E-state index >= 15 is 0 Å². The van der Waals surface area contributed by atoms with Gasteiger partial charge in [0.1, 0.15) is 11.0 Å². The number of nitrogens with one attached hydrogen (secondary N) is 1. The van der Waals surface area contributed by atoms with Crippen molar-refractivity contribution in [2.24, 2.45) is 0 Å². The maximum atomic E-state index is 13.0. The van der Waals surface area contributed by atoms with Crippen molar-refractivity contribution in [1.82, 2.24) is 24.3 Å². The lowest BCUT2D eigenvalue weighted by atomic mass is 9.94. The molecule has 6 nitrogen and oxygen atoms in total. The zero-order valence-electron chi connectivity index (χ0n) is 18.1. The zero-order valence-corrected chi connectivity index (χ0v) is 18.1. The summed E-state index contributed by atoms with van der Waals surface area (Å²) in [6.07, 6.45) is 9.74. The van der Waals surface area contributed by atoms with Crippen LogP contribution in [-0.2, 0) is 6.54 Å². The molecule has 3 heterocycles. The second-order valence-corrected chi connectivity index (χ2v) is 9.16. The molecule has 160 valence electrons. The minimum Gasteiger partial charge on any atom is -0.349 e. The van der Waals surface area contributed by atoms with Gasteiger partial charge in [-0.05, 0) is 44.9 Å². The van der Waals surface area contributed by atoms with Gasteiger partial charge in [0.2, 0.25) is 0 Å². The molecule has 1 aliphatic heterocycles. The van der Waals surface area contributed by atoms with Crippen LogP contribution in [0.4, 0.5) is 0 Å². The van der Waals surface area contributed by atoms with Gasteiger partial charge >= 0.3 is 0 Å². The van der Waals surface area contributed by atoms with E-state index in [0.717, 1.165) is 55.1 Å². The van der Waals surface area contributed by atoms with Crippen LogP contribution in [0.1, 0.15) is 44.1 Å². The predicted octanol–water partition coefficient (Wildman–Crippen LogP) is 3.53. The van der Waals surface area contributed by atoms with Crippen molar-refractivity contribution in [2.75, 3.05) is 32.7 Å². The highest BCUT2D eigenvalue weighted by Gasteiger charge is 2.24. The van der Waals surface area contributed by atoms with Crippen LogP contribution in [0.3, 0.4) is 0 Å². The monoisotopic (exact) mass is 407 g/mol. The third-order valence-corrected chi connectivity index (χ3v) is 7.10. The van der Waals surface area contributed by atoms with Crippen LogP contribution >= 0.6 is 0 Å². The van der Waals surface area contributed by atoms with E-state index in [2.05, 4.69) is 38.8 Å². The SMILES string of the molecule is Cc1ccc2[nH]c3c(=O)n(CCCN4CCN(C5CCCCC5)CC4)cnc3c2c1. The number of fused-ring (bicyclic) bond motifs is 3. The van der Waals surface area contributed by atoms with Crippen molar-refractivity contribution in [3.05, 3.63) is 40.4 Å². The van der Waals surface area contributed by atoms with E-state index in [1.165, 1.54) is 50.8 Å². The summed E-state index contributed by atoms with van der Waals surface area (Å²) in [4.78, 5) is 26.1. The fraction of sp³-hybridized carbons (Fsp3) is 0.583. The fourth-order valence-corrected chi connectivity index (χ4v) is 5.33. The number of rotatable bonds is 5. The number of benzene rings is 1. The summed E-state index contributed by atoms with van der Waals surface area (Å²) < 4.78 is 1.77. The normalized spacial score (nSPS) is 19.8. The molecule has 1 saturated carbocycles. The van der Waals surface area contributed by atoms with Gasteiger partial charge in [-0.1, -0.05) is 30.9 Å². The molecule has 30 heavy (non-hydrogen) atoms. The van der Waals surface area contributed by atoms with Gasteiger partial charge in [0, 0.05) is 49.7 Å². The molecule has 2 aliphatic rings. The minimum atomic E-state index is 0.0379. The Bertz CT molecular complexity index is 1070. The first-order chi connectivity index (χ1) is 14.7. The first-order valence-electron chi connectivity index (χ1n) is 11.6. The van der Waals surface area contributed by atoms with Crippen LogP contribution in [0.25, 0.3) is 21.9 Å². The van der Waals surface area contributed by atoms with E-state index in [9.17, 15) is 4.79 Å². The van der Waals surface area contributed by atoms with Crippen LogP contribution in [-0.4, -0.2) is 63.1 Å². The average molecular weight is 408 g/mol. The summed E-state index contributed by atoms with van der Waals surface area (Å²) in [5.74, 6) is 0. The van der Waals surface area contributed by atoms with Crippen LogP contribution < -0.4 is 5.56 Å². The van der Waals surface area contributed by atoms with E-state index in [1.54, 1.807) is 10.9 Å². The van der Waals surface area contributed by atoms with Gasteiger partial charge in [-0.3, -0.25) is 14.3 Å². The molecule has 2 aromatic heterocycles. The third-order valence-electron chi connectivity index (χ3n) is 7.10. The highest BCUT2D eigenvalue weighted by atomic mass is 16.1. The molecular weight excluding hydrogens is 374 g/mol. The van der Waals surface area contributed by atoms with Crippen molar-refractivity contribution < 1.29 is 0 Å². The second-order valence-electron chi connectivity index (χ2n) is 9.16. The van der Waals surface area contributed by atoms with Crippen molar-refractivity contribution >= 4 is 21.9 Å². The molecular formula is C24H33N5O. The quantitative estimate of drug-likeness (QED) is 0.703. The molecule has 0 amide bonds. The van der Waals surface area contributed by atoms with E-state index in [4.69, 9.17) is 0 Å². The lowest BCUT2D eigenvalue weighted by Crippen LogP contribution is -2.50. The Labute approximate surface area is 177 Å². The smallest absolute Gasteiger partial charge is 0.277 e. The molecule has 0 atom stereocenters. The molecule has 3 aromatic rings. The number of aromatic amines is 1. The Morgan fingerprint density at radius 1 is 1.07 bits per heavy atom. The topological polar surface area (TPSA) is 57.2 Å². The van der Waals surface area contributed by atoms with E-state index in [1.807, 2.05) is 6.07 Å². The zero-order chi connectivity index (χ0) is 20.5. The van der Waals surface area contributed by atoms with E-state index < -0.39 is 0 Å². The third kappa shape index (κ3) is 3.91. The average Bonchev–Trinajstić information content (AvgIpc) is 3.15. The van der Waals surface area contributed by atoms with Crippen molar-refractivity contribution in [3.8, 4) is 0 Å². The lowest BCUT2D eigenvalue weighted by molar-refractivity contribution is 0.0778. The number of aromatic nitrogens is 3. The number of hydrogen-bond acceptors (Lipinski definition) is 4. The largest absolute Gasteiger partial charge is 0.349 e. The number of aryl methyl sites for hydroxylation is 2. The van der Waals surface area contributed by atoms with Gasteiger partial charge in [0.25, 0.3) is 5.56 Å². The molecule has 5 rings (SSSR count). The molecule has 6 heteroatoms. The van der Waals surface area contributed by atoms with Crippen molar-refractivity contribution in [3.63, 3.8) is 0 Å². The van der Waals surface area contributed by atoms with Crippen LogP contribution in [0, 0.1) is 6.92 Å². The minimum absolute atomic E-state index is 0.0379. The number of piperazine rings is 1. The standard InChI is InChI=1S/C24H33N5O/c1-18-8-9-21-20(16-18)22-23(26-21)24(30)29(17-25-22)11-5-10-27-12-14-28(15-13-27)19-6-3-2-4-7-19/h8-9,16-17,19,26H,2-7,10-15H2,1H3. The van der Waals surface area contributed by atoms with Gasteiger partial charge in [-0.25, -0.2) is 4.98 Å². The van der Waals surface area contributed by atoms with Gasteiger partial charge in [-0.2, -0.15) is 0 Å². The Hall–Kier alpha value is -2.18. The number of nitrogens with zero attached hydrogens (tertiary/aromatic N) is 4. The summed E-state index contributed by atoms with van der Waals surface area (Å²) in [7, 11) is 0. The van der Waals surface area contributed by atoms with Crippen molar-refractivity contribution in [2.45, 2.75) is 58.0 Å². The first kappa shape index (κ1) is 19.8. The second kappa shape index (κ2) is 8.52. The Morgan fingerprint density at radius 2 is 1.87 bits per heavy atom. The molecule has 1 N–H and O–H groups in total. The molecule has 0 spiro atoms. The summed E-state index contributed by atoms with van der Waals surface area (Å²) in [6.45, 7) is 8.55. The molecule has 0 unspecified atom stereocenters. The van der Waals surface area contributed by atoms with E-state index in [0.29, 0.717) is 5.52 Å². The molecule has 0 radical (unpaired) electrons.